The highest BCUT2D eigenvalue weighted by atomic mass is 79.9. The minimum atomic E-state index is 0.0500. The summed E-state index contributed by atoms with van der Waals surface area (Å²) >= 11 is 3.31. The summed E-state index contributed by atoms with van der Waals surface area (Å²) in [5.41, 5.74) is 0.879. The molecule has 3 nitrogen and oxygen atoms in total. The molecule has 18 heavy (non-hydrogen) atoms. The molecule has 0 bridgehead atoms. The number of carbonyl (C=O) groups excluding carboxylic acids is 1. The van der Waals surface area contributed by atoms with Crippen LogP contribution in [0.1, 0.15) is 43.6 Å². The highest BCUT2D eigenvalue weighted by Gasteiger charge is 2.26. The Kier molecular flexibility index (Phi) is 4.05. The van der Waals surface area contributed by atoms with Crippen LogP contribution in [0.4, 0.5) is 0 Å². The summed E-state index contributed by atoms with van der Waals surface area (Å²) in [6, 6.07) is 5.47. The Morgan fingerprint density at radius 2 is 2.11 bits per heavy atom. The maximum atomic E-state index is 12.4. The van der Waals surface area contributed by atoms with E-state index in [2.05, 4.69) is 34.8 Å². The van der Waals surface area contributed by atoms with E-state index in [1.54, 1.807) is 6.07 Å². The third kappa shape index (κ3) is 3.31. The summed E-state index contributed by atoms with van der Waals surface area (Å²) in [4.78, 5) is 18.5. The molecule has 4 heteroatoms. The van der Waals surface area contributed by atoms with Crippen LogP contribution in [0.15, 0.2) is 22.8 Å². The smallest absolute Gasteiger partial charge is 0.272 e. The lowest BCUT2D eigenvalue weighted by atomic mass is 9.85. The molecule has 0 radical (unpaired) electrons. The van der Waals surface area contributed by atoms with Gasteiger partial charge >= 0.3 is 0 Å². The summed E-state index contributed by atoms with van der Waals surface area (Å²) in [7, 11) is 0. The third-order valence-corrected chi connectivity index (χ3v) is 4.00. The predicted molar refractivity (Wildman–Crippen MR) is 75.5 cm³/mol. The van der Waals surface area contributed by atoms with Crippen LogP contribution in [0.2, 0.25) is 0 Å². The number of rotatable bonds is 1. The highest BCUT2D eigenvalue weighted by Crippen LogP contribution is 2.30. The molecule has 98 valence electrons. The number of hydrogen-bond donors (Lipinski definition) is 0. The summed E-state index contributed by atoms with van der Waals surface area (Å²) in [5.74, 6) is 0.0500. The van der Waals surface area contributed by atoms with E-state index in [0.29, 0.717) is 15.7 Å². The standard InChI is InChI=1S/C14H19BrN2O/c1-14(2)7-4-9-17(10-8-14)13(18)11-5-3-6-12(15)16-11/h3,5-6H,4,7-10H2,1-2H3. The Labute approximate surface area is 117 Å². The zero-order valence-electron chi connectivity index (χ0n) is 10.9. The molecule has 1 aliphatic heterocycles. The monoisotopic (exact) mass is 310 g/mol. The largest absolute Gasteiger partial charge is 0.337 e. The molecular formula is C14H19BrN2O. The number of carbonyl (C=O) groups is 1. The average Bonchev–Trinajstić information content (AvgIpc) is 2.49. The molecule has 2 heterocycles. The number of halogens is 1. The summed E-state index contributed by atoms with van der Waals surface area (Å²) in [6.07, 6.45) is 3.32. The first-order valence-corrected chi connectivity index (χ1v) is 7.19. The van der Waals surface area contributed by atoms with Crippen molar-refractivity contribution in [1.29, 1.82) is 0 Å². The van der Waals surface area contributed by atoms with E-state index < -0.39 is 0 Å². The second-order valence-electron chi connectivity index (χ2n) is 5.66. The van der Waals surface area contributed by atoms with Gasteiger partial charge < -0.3 is 4.90 Å². The molecule has 0 atom stereocenters. The second kappa shape index (κ2) is 5.39. The van der Waals surface area contributed by atoms with Gasteiger partial charge in [-0.05, 0) is 52.7 Å². The summed E-state index contributed by atoms with van der Waals surface area (Å²) in [5, 5.41) is 0. The molecular weight excluding hydrogens is 292 g/mol. The Bertz CT molecular complexity index is 445. The first-order chi connectivity index (χ1) is 8.48. The van der Waals surface area contributed by atoms with Crippen molar-refractivity contribution >= 4 is 21.8 Å². The topological polar surface area (TPSA) is 33.2 Å². The van der Waals surface area contributed by atoms with E-state index in [1.807, 2.05) is 17.0 Å². The van der Waals surface area contributed by atoms with Gasteiger partial charge in [0.2, 0.25) is 0 Å². The quantitative estimate of drug-likeness (QED) is 0.744. The first kappa shape index (κ1) is 13.5. The SMILES string of the molecule is CC1(C)CCCN(C(=O)c2cccc(Br)n2)CC1. The molecule has 0 unspecified atom stereocenters. The maximum absolute atomic E-state index is 12.4. The fourth-order valence-electron chi connectivity index (χ4n) is 2.32. The number of amides is 1. The lowest BCUT2D eigenvalue weighted by molar-refractivity contribution is 0.0751. The fourth-order valence-corrected chi connectivity index (χ4v) is 2.66. The first-order valence-electron chi connectivity index (χ1n) is 6.40. The van der Waals surface area contributed by atoms with Crippen LogP contribution in [-0.4, -0.2) is 28.9 Å². The zero-order valence-corrected chi connectivity index (χ0v) is 12.5. The van der Waals surface area contributed by atoms with Gasteiger partial charge in [0.1, 0.15) is 10.3 Å². The van der Waals surface area contributed by atoms with Crippen molar-refractivity contribution in [3.63, 3.8) is 0 Å². The van der Waals surface area contributed by atoms with Gasteiger partial charge in [0.15, 0.2) is 0 Å². The van der Waals surface area contributed by atoms with Gasteiger partial charge in [-0.15, -0.1) is 0 Å². The molecule has 0 saturated carbocycles. The van der Waals surface area contributed by atoms with E-state index >= 15 is 0 Å². The lowest BCUT2D eigenvalue weighted by Gasteiger charge is -2.23. The van der Waals surface area contributed by atoms with Crippen LogP contribution in [0.5, 0.6) is 0 Å². The van der Waals surface area contributed by atoms with Crippen LogP contribution in [0, 0.1) is 5.41 Å². The minimum absolute atomic E-state index is 0.0500. The van der Waals surface area contributed by atoms with Crippen molar-refractivity contribution in [3.8, 4) is 0 Å². The average molecular weight is 311 g/mol. The minimum Gasteiger partial charge on any atom is -0.337 e. The lowest BCUT2D eigenvalue weighted by Crippen LogP contribution is -2.33. The van der Waals surface area contributed by atoms with E-state index in [9.17, 15) is 4.79 Å². The van der Waals surface area contributed by atoms with Crippen LogP contribution in [0.25, 0.3) is 0 Å². The van der Waals surface area contributed by atoms with Gasteiger partial charge in [0.05, 0.1) is 0 Å². The number of hydrogen-bond acceptors (Lipinski definition) is 2. The Balaban J connectivity index is 2.10. The molecule has 2 rings (SSSR count). The van der Waals surface area contributed by atoms with Crippen molar-refractivity contribution in [2.24, 2.45) is 5.41 Å². The Morgan fingerprint density at radius 1 is 1.33 bits per heavy atom. The van der Waals surface area contributed by atoms with E-state index in [4.69, 9.17) is 0 Å². The molecule has 1 fully saturated rings. The third-order valence-electron chi connectivity index (χ3n) is 3.56. The van der Waals surface area contributed by atoms with E-state index in [-0.39, 0.29) is 5.91 Å². The number of nitrogens with zero attached hydrogens (tertiary/aromatic N) is 2. The number of pyridine rings is 1. The summed E-state index contributed by atoms with van der Waals surface area (Å²) < 4.78 is 0.712. The summed E-state index contributed by atoms with van der Waals surface area (Å²) in [6.45, 7) is 6.23. The molecule has 0 aliphatic carbocycles. The molecule has 0 spiro atoms. The van der Waals surface area contributed by atoms with E-state index in [1.165, 1.54) is 6.42 Å². The molecule has 1 aromatic heterocycles. The van der Waals surface area contributed by atoms with Crippen LogP contribution < -0.4 is 0 Å². The van der Waals surface area contributed by atoms with Crippen molar-refractivity contribution in [1.82, 2.24) is 9.88 Å². The number of likely N-dealkylation sites (tertiary alicyclic amines) is 1. The maximum Gasteiger partial charge on any atom is 0.272 e. The Hall–Kier alpha value is -0.900. The molecule has 1 aliphatic rings. The van der Waals surface area contributed by atoms with Crippen LogP contribution in [0.3, 0.4) is 0 Å². The molecule has 1 amide bonds. The number of aromatic nitrogens is 1. The zero-order chi connectivity index (χ0) is 13.2. The molecule has 1 saturated heterocycles. The predicted octanol–water partition coefficient (Wildman–Crippen LogP) is 3.50. The second-order valence-corrected chi connectivity index (χ2v) is 6.47. The van der Waals surface area contributed by atoms with Gasteiger partial charge in [0, 0.05) is 13.1 Å². The van der Waals surface area contributed by atoms with Crippen LogP contribution in [-0.2, 0) is 0 Å². The highest BCUT2D eigenvalue weighted by molar-refractivity contribution is 9.10. The van der Waals surface area contributed by atoms with Gasteiger partial charge in [0.25, 0.3) is 5.91 Å². The van der Waals surface area contributed by atoms with Crippen molar-refractivity contribution in [2.45, 2.75) is 33.1 Å². The van der Waals surface area contributed by atoms with Gasteiger partial charge in [-0.3, -0.25) is 4.79 Å². The fraction of sp³-hybridized carbons (Fsp3) is 0.571. The molecule has 1 aromatic rings. The normalized spacial score (nSPS) is 19.4. The van der Waals surface area contributed by atoms with Gasteiger partial charge in [-0.2, -0.15) is 0 Å². The molecule has 0 aromatic carbocycles. The van der Waals surface area contributed by atoms with Gasteiger partial charge in [-0.25, -0.2) is 4.98 Å². The van der Waals surface area contributed by atoms with Gasteiger partial charge in [-0.1, -0.05) is 19.9 Å². The van der Waals surface area contributed by atoms with Crippen LogP contribution >= 0.6 is 15.9 Å². The van der Waals surface area contributed by atoms with Crippen molar-refractivity contribution in [2.75, 3.05) is 13.1 Å². The van der Waals surface area contributed by atoms with Crippen molar-refractivity contribution < 1.29 is 4.79 Å². The molecule has 0 N–H and O–H groups in total. The van der Waals surface area contributed by atoms with Crippen molar-refractivity contribution in [3.05, 3.63) is 28.5 Å². The Morgan fingerprint density at radius 3 is 2.83 bits per heavy atom. The van der Waals surface area contributed by atoms with E-state index in [0.717, 1.165) is 25.9 Å².